The van der Waals surface area contributed by atoms with Crippen LogP contribution in [0.5, 0.6) is 0 Å². The van der Waals surface area contributed by atoms with Crippen LogP contribution in [0.25, 0.3) is 0 Å². The van der Waals surface area contributed by atoms with Gasteiger partial charge < -0.3 is 20.4 Å². The van der Waals surface area contributed by atoms with Crippen LogP contribution in [0.3, 0.4) is 0 Å². The summed E-state index contributed by atoms with van der Waals surface area (Å²) in [6, 6.07) is 0. The number of aliphatic hydroxyl groups is 4. The number of rotatable bonds is 33. The molecule has 4 atom stereocenters. The molecule has 296 valence electrons. The van der Waals surface area contributed by atoms with Crippen molar-refractivity contribution in [2.45, 2.75) is 115 Å². The van der Waals surface area contributed by atoms with Crippen LogP contribution in [0.4, 0.5) is 0 Å². The Hall–Kier alpha value is -0.550. The minimum atomic E-state index is -4.44. The Balaban J connectivity index is 5.61. The summed E-state index contributed by atoms with van der Waals surface area (Å²) >= 11 is 0. The predicted octanol–water partition coefficient (Wildman–Crippen LogP) is 0.720. The van der Waals surface area contributed by atoms with Crippen molar-refractivity contribution in [3.05, 3.63) is 0 Å². The van der Waals surface area contributed by atoms with Gasteiger partial charge in [0.15, 0.2) is 0 Å². The second-order valence-corrected chi connectivity index (χ2v) is 17.8. The lowest BCUT2D eigenvalue weighted by Gasteiger charge is -2.32. The highest BCUT2D eigenvalue weighted by Gasteiger charge is 2.25. The second-order valence-electron chi connectivity index (χ2n) is 13.2. The minimum Gasteiger partial charge on any atom is -0.391 e. The average molecular weight is 772 g/mol. The molecule has 0 bridgehead atoms. The SMILES string of the molecule is CCCCCCCCN(CC(O)CN(CCS(=O)(=O)O)CC(O)CN(CCCCCCCC)CC(O)CS(=O)(=O)O)CC(O)CS(=O)(=O)O. The minimum absolute atomic E-state index is 0.0397. The van der Waals surface area contributed by atoms with Gasteiger partial charge in [0.05, 0.1) is 30.2 Å². The Morgan fingerprint density at radius 3 is 1.00 bits per heavy atom. The summed E-state index contributed by atoms with van der Waals surface area (Å²) in [7, 11) is -13.3. The van der Waals surface area contributed by atoms with Crippen molar-refractivity contribution in [1.82, 2.24) is 14.7 Å². The maximum absolute atomic E-state index is 11.6. The average Bonchev–Trinajstić information content (AvgIpc) is 2.92. The third kappa shape index (κ3) is 31.9. The third-order valence-corrected chi connectivity index (χ3v) is 10.3. The van der Waals surface area contributed by atoms with Crippen LogP contribution in [0, 0.1) is 0 Å². The normalized spacial score (nSPS) is 15.7. The highest BCUT2D eigenvalue weighted by molar-refractivity contribution is 7.86. The van der Waals surface area contributed by atoms with Crippen molar-refractivity contribution in [2.24, 2.45) is 0 Å². The zero-order valence-electron chi connectivity index (χ0n) is 29.4. The second kappa shape index (κ2) is 26.3. The molecule has 0 rings (SSSR count). The summed E-state index contributed by atoms with van der Waals surface area (Å²) in [5.74, 6) is -2.44. The molecule has 0 fully saturated rings. The Morgan fingerprint density at radius 1 is 0.408 bits per heavy atom. The molecule has 0 aromatic carbocycles. The molecule has 16 nitrogen and oxygen atoms in total. The van der Waals surface area contributed by atoms with E-state index in [0.29, 0.717) is 25.9 Å². The molecule has 49 heavy (non-hydrogen) atoms. The zero-order valence-corrected chi connectivity index (χ0v) is 31.9. The van der Waals surface area contributed by atoms with E-state index in [1.54, 1.807) is 9.80 Å². The van der Waals surface area contributed by atoms with Crippen molar-refractivity contribution >= 4 is 30.4 Å². The predicted molar refractivity (Wildman–Crippen MR) is 189 cm³/mol. The molecule has 0 aliphatic carbocycles. The first kappa shape index (κ1) is 48.5. The van der Waals surface area contributed by atoms with Crippen molar-refractivity contribution in [2.75, 3.05) is 76.2 Å². The molecule has 7 N–H and O–H groups in total. The molecule has 0 heterocycles. The van der Waals surface area contributed by atoms with Gasteiger partial charge in [-0.05, 0) is 25.9 Å². The maximum atomic E-state index is 11.6. The van der Waals surface area contributed by atoms with Crippen LogP contribution in [0.15, 0.2) is 0 Å². The summed E-state index contributed by atoms with van der Waals surface area (Å²) in [5.41, 5.74) is 0. The standard InChI is InChI=1S/C30H65N3O13S3/c1-3-5-7-9-11-13-15-31(23-29(36)25-48(41,42)43)19-27(34)21-33(17-18-47(38,39)40)22-28(35)20-32(16-14-12-10-8-6-4-2)24-30(37)26-49(44,45)46/h27-30,34-37H,3-26H2,1-2H3,(H,38,39,40)(H,41,42,43)(H,44,45,46). The van der Waals surface area contributed by atoms with Gasteiger partial charge in [0.25, 0.3) is 30.4 Å². The molecule has 0 saturated carbocycles. The lowest BCUT2D eigenvalue weighted by molar-refractivity contribution is 0.0267. The van der Waals surface area contributed by atoms with Crippen LogP contribution in [-0.2, 0) is 30.4 Å². The monoisotopic (exact) mass is 771 g/mol. The first-order chi connectivity index (χ1) is 22.7. The van der Waals surface area contributed by atoms with Gasteiger partial charge in [0.1, 0.15) is 11.5 Å². The van der Waals surface area contributed by atoms with Crippen LogP contribution in [-0.4, -0.2) is 175 Å². The van der Waals surface area contributed by atoms with Crippen LogP contribution in [0.2, 0.25) is 0 Å². The van der Waals surface area contributed by atoms with Gasteiger partial charge in [0, 0.05) is 45.8 Å². The number of nitrogens with zero attached hydrogens (tertiary/aromatic N) is 3. The van der Waals surface area contributed by atoms with E-state index in [1.807, 2.05) is 0 Å². The van der Waals surface area contributed by atoms with Gasteiger partial charge in [0.2, 0.25) is 0 Å². The fourth-order valence-electron chi connectivity index (χ4n) is 5.74. The summed E-state index contributed by atoms with van der Waals surface area (Å²) in [5, 5.41) is 42.6. The van der Waals surface area contributed by atoms with Gasteiger partial charge >= 0.3 is 0 Å². The molecule has 0 amide bonds. The quantitative estimate of drug-likeness (QED) is 0.0359. The van der Waals surface area contributed by atoms with Gasteiger partial charge in [-0.2, -0.15) is 25.3 Å². The van der Waals surface area contributed by atoms with Gasteiger partial charge in [-0.1, -0.05) is 78.1 Å². The van der Waals surface area contributed by atoms with E-state index in [2.05, 4.69) is 13.8 Å². The van der Waals surface area contributed by atoms with E-state index in [9.17, 15) is 50.2 Å². The fraction of sp³-hybridized carbons (Fsp3) is 1.00. The molecular weight excluding hydrogens is 707 g/mol. The molecule has 0 aliphatic rings. The Kier molecular flexibility index (Phi) is 26.0. The zero-order chi connectivity index (χ0) is 37.5. The third-order valence-electron chi connectivity index (χ3n) is 7.94. The van der Waals surface area contributed by atoms with Crippen LogP contribution >= 0.6 is 0 Å². The summed E-state index contributed by atoms with van der Waals surface area (Å²) in [6.07, 6.45) is 6.48. The van der Waals surface area contributed by atoms with Crippen molar-refractivity contribution in [3.63, 3.8) is 0 Å². The molecule has 4 unspecified atom stereocenters. The van der Waals surface area contributed by atoms with Crippen LogP contribution < -0.4 is 0 Å². The molecule has 0 saturated heterocycles. The van der Waals surface area contributed by atoms with E-state index < -0.39 is 72.0 Å². The van der Waals surface area contributed by atoms with Gasteiger partial charge in [-0.15, -0.1) is 0 Å². The van der Waals surface area contributed by atoms with E-state index in [4.69, 9.17) is 9.11 Å². The van der Waals surface area contributed by atoms with Crippen molar-refractivity contribution in [3.8, 4) is 0 Å². The molecule has 0 aromatic rings. The first-order valence-electron chi connectivity index (χ1n) is 17.5. The number of aliphatic hydroxyl groups excluding tert-OH is 4. The Labute approximate surface area is 295 Å². The molecule has 0 spiro atoms. The van der Waals surface area contributed by atoms with E-state index >= 15 is 0 Å². The largest absolute Gasteiger partial charge is 0.391 e. The molecule has 0 aliphatic heterocycles. The molecule has 19 heteroatoms. The van der Waals surface area contributed by atoms with Crippen molar-refractivity contribution in [1.29, 1.82) is 0 Å². The summed E-state index contributed by atoms with van der Waals surface area (Å²) in [6.45, 7) is 4.08. The smallest absolute Gasteiger partial charge is 0.267 e. The number of hydrogen-bond acceptors (Lipinski definition) is 13. The Morgan fingerprint density at radius 2 is 0.694 bits per heavy atom. The first-order valence-corrected chi connectivity index (χ1v) is 22.3. The topological polar surface area (TPSA) is 254 Å². The van der Waals surface area contributed by atoms with Crippen molar-refractivity contribution < 1.29 is 59.3 Å². The van der Waals surface area contributed by atoms with E-state index in [-0.39, 0.29) is 45.8 Å². The lowest BCUT2D eigenvalue weighted by atomic mass is 10.1. The molecular formula is C30H65N3O13S3. The van der Waals surface area contributed by atoms with E-state index in [0.717, 1.165) is 64.2 Å². The van der Waals surface area contributed by atoms with Gasteiger partial charge in [-0.25, -0.2) is 0 Å². The highest BCUT2D eigenvalue weighted by Crippen LogP contribution is 2.11. The van der Waals surface area contributed by atoms with Gasteiger partial charge in [-0.3, -0.25) is 28.4 Å². The fourth-order valence-corrected chi connectivity index (χ4v) is 7.41. The molecule has 0 aromatic heterocycles. The number of hydrogen-bond donors (Lipinski definition) is 7. The summed E-state index contributed by atoms with van der Waals surface area (Å²) < 4.78 is 95.9. The lowest BCUT2D eigenvalue weighted by Crippen LogP contribution is -2.48. The highest BCUT2D eigenvalue weighted by atomic mass is 32.2. The van der Waals surface area contributed by atoms with E-state index in [1.165, 1.54) is 4.90 Å². The number of unbranched alkanes of at least 4 members (excludes halogenated alkanes) is 10. The molecule has 0 radical (unpaired) electrons. The Bertz CT molecular complexity index is 1090. The summed E-state index contributed by atoms with van der Waals surface area (Å²) in [4.78, 5) is 4.77. The van der Waals surface area contributed by atoms with Crippen LogP contribution in [0.1, 0.15) is 90.9 Å². The maximum Gasteiger partial charge on any atom is 0.267 e.